The van der Waals surface area contributed by atoms with Gasteiger partial charge in [-0.15, -0.1) is 0 Å². The van der Waals surface area contributed by atoms with Gasteiger partial charge in [-0.05, 0) is 68.4 Å². The zero-order chi connectivity index (χ0) is 22.9. The Morgan fingerprint density at radius 3 is 2.16 bits per heavy atom. The maximum atomic E-state index is 13.5. The van der Waals surface area contributed by atoms with Crippen molar-refractivity contribution in [2.45, 2.75) is 45.9 Å². The van der Waals surface area contributed by atoms with Crippen molar-refractivity contribution >= 4 is 21.6 Å². The van der Waals surface area contributed by atoms with Gasteiger partial charge in [0.15, 0.2) is 0 Å². The van der Waals surface area contributed by atoms with Crippen LogP contribution >= 0.6 is 0 Å². The van der Waals surface area contributed by atoms with Crippen LogP contribution in [0, 0.1) is 32.6 Å². The summed E-state index contributed by atoms with van der Waals surface area (Å²) >= 11 is 0. The predicted octanol–water partition coefficient (Wildman–Crippen LogP) is 4.54. The van der Waals surface area contributed by atoms with Gasteiger partial charge in [0.2, 0.25) is 10.0 Å². The fourth-order valence-corrected chi connectivity index (χ4v) is 6.38. The van der Waals surface area contributed by atoms with Gasteiger partial charge in [0.1, 0.15) is 10.6 Å². The third kappa shape index (κ3) is 4.93. The first kappa shape index (κ1) is 23.3. The highest BCUT2D eigenvalue weighted by atomic mass is 32.2. The van der Waals surface area contributed by atoms with E-state index < -0.39 is 10.0 Å². The molecule has 168 valence electrons. The second-order valence-electron chi connectivity index (χ2n) is 8.86. The molecule has 0 bridgehead atoms. The molecule has 6 nitrogen and oxygen atoms in total. The number of carbonyl (C=O) groups is 1. The Morgan fingerprint density at radius 2 is 1.61 bits per heavy atom. The number of anilines is 1. The Hall–Kier alpha value is -2.38. The fraction of sp³-hybridized carbons (Fsp3) is 0.458. The van der Waals surface area contributed by atoms with Gasteiger partial charge in [-0.2, -0.15) is 4.31 Å². The quantitative estimate of drug-likeness (QED) is 0.735. The van der Waals surface area contributed by atoms with Crippen LogP contribution < -0.4 is 10.1 Å². The maximum absolute atomic E-state index is 13.5. The fourth-order valence-electron chi connectivity index (χ4n) is 4.52. The summed E-state index contributed by atoms with van der Waals surface area (Å²) in [5.41, 5.74) is 4.06. The molecule has 1 N–H and O–H groups in total. The number of piperidine rings is 1. The van der Waals surface area contributed by atoms with E-state index in [4.69, 9.17) is 4.74 Å². The minimum Gasteiger partial charge on any atom is -0.495 e. The third-order valence-corrected chi connectivity index (χ3v) is 7.65. The molecule has 1 amide bonds. The average Bonchev–Trinajstić information content (AvgIpc) is 2.69. The van der Waals surface area contributed by atoms with Crippen LogP contribution in [0.2, 0.25) is 0 Å². The number of amides is 1. The van der Waals surface area contributed by atoms with Gasteiger partial charge < -0.3 is 10.1 Å². The molecule has 7 heteroatoms. The summed E-state index contributed by atoms with van der Waals surface area (Å²) in [5, 5.41) is 2.94. The first-order valence-electron chi connectivity index (χ1n) is 10.6. The monoisotopic (exact) mass is 444 g/mol. The molecule has 2 atom stereocenters. The van der Waals surface area contributed by atoms with Crippen LogP contribution in [-0.4, -0.2) is 38.8 Å². The lowest BCUT2D eigenvalue weighted by Crippen LogP contribution is -2.42. The number of nitrogens with zero attached hydrogens (tertiary/aromatic N) is 1. The van der Waals surface area contributed by atoms with E-state index in [9.17, 15) is 13.2 Å². The van der Waals surface area contributed by atoms with E-state index in [-0.39, 0.29) is 34.0 Å². The van der Waals surface area contributed by atoms with Crippen molar-refractivity contribution in [3.8, 4) is 5.75 Å². The molecule has 2 aromatic carbocycles. The van der Waals surface area contributed by atoms with Crippen LogP contribution in [0.1, 0.15) is 47.3 Å². The Kier molecular flexibility index (Phi) is 6.76. The van der Waals surface area contributed by atoms with E-state index in [2.05, 4.69) is 19.2 Å². The van der Waals surface area contributed by atoms with E-state index in [1.165, 1.54) is 17.5 Å². The minimum absolute atomic E-state index is 0.0290. The molecule has 1 fully saturated rings. The van der Waals surface area contributed by atoms with E-state index in [0.717, 1.165) is 28.8 Å². The second-order valence-corrected chi connectivity index (χ2v) is 10.8. The Labute approximate surface area is 185 Å². The van der Waals surface area contributed by atoms with Crippen LogP contribution in [0.4, 0.5) is 5.69 Å². The zero-order valence-corrected chi connectivity index (χ0v) is 20.0. The van der Waals surface area contributed by atoms with E-state index in [1.807, 2.05) is 32.9 Å². The molecule has 3 rings (SSSR count). The molecule has 0 saturated carbocycles. The molecule has 1 aliphatic heterocycles. The first-order valence-corrected chi connectivity index (χ1v) is 12.0. The average molecular weight is 445 g/mol. The van der Waals surface area contributed by atoms with E-state index >= 15 is 0 Å². The van der Waals surface area contributed by atoms with Gasteiger partial charge in [-0.25, -0.2) is 8.42 Å². The molecule has 0 radical (unpaired) electrons. The molecule has 31 heavy (non-hydrogen) atoms. The number of ether oxygens (including phenoxy) is 1. The van der Waals surface area contributed by atoms with Crippen molar-refractivity contribution in [2.75, 3.05) is 25.5 Å². The molecule has 1 heterocycles. The normalized spacial score (nSPS) is 19.8. The number of nitrogens with one attached hydrogen (secondary N) is 1. The van der Waals surface area contributed by atoms with Crippen LogP contribution in [0.25, 0.3) is 0 Å². The highest BCUT2D eigenvalue weighted by Crippen LogP contribution is 2.32. The van der Waals surface area contributed by atoms with Crippen molar-refractivity contribution in [3.63, 3.8) is 0 Å². The summed E-state index contributed by atoms with van der Waals surface area (Å²) in [5.74, 6) is 0.451. The van der Waals surface area contributed by atoms with Crippen molar-refractivity contribution < 1.29 is 17.9 Å². The number of methoxy groups -OCH3 is 1. The number of rotatable bonds is 5. The van der Waals surface area contributed by atoms with Crippen LogP contribution in [0.15, 0.2) is 35.2 Å². The van der Waals surface area contributed by atoms with Gasteiger partial charge >= 0.3 is 0 Å². The summed E-state index contributed by atoms with van der Waals surface area (Å²) in [6.07, 6.45) is 1.00. The topological polar surface area (TPSA) is 75.7 Å². The molecular weight excluding hydrogens is 412 g/mol. The number of aryl methyl sites for hydroxylation is 3. The second kappa shape index (κ2) is 9.01. The zero-order valence-electron chi connectivity index (χ0n) is 19.2. The van der Waals surface area contributed by atoms with Gasteiger partial charge in [-0.1, -0.05) is 31.5 Å². The lowest BCUT2D eigenvalue weighted by molar-refractivity contribution is 0.102. The summed E-state index contributed by atoms with van der Waals surface area (Å²) in [7, 11) is -2.35. The van der Waals surface area contributed by atoms with Crippen LogP contribution in [0.5, 0.6) is 5.75 Å². The molecular formula is C24H32N2O4S. The maximum Gasteiger partial charge on any atom is 0.255 e. The van der Waals surface area contributed by atoms with Crippen LogP contribution in [0.3, 0.4) is 0 Å². The molecule has 1 aliphatic rings. The smallest absolute Gasteiger partial charge is 0.255 e. The predicted molar refractivity (Wildman–Crippen MR) is 123 cm³/mol. The molecule has 0 aliphatic carbocycles. The van der Waals surface area contributed by atoms with Crippen molar-refractivity contribution in [3.05, 3.63) is 52.6 Å². The summed E-state index contributed by atoms with van der Waals surface area (Å²) in [4.78, 5) is 13.0. The summed E-state index contributed by atoms with van der Waals surface area (Å²) in [6.45, 7) is 10.9. The Balaban J connectivity index is 1.96. The molecule has 0 spiro atoms. The van der Waals surface area contributed by atoms with Gasteiger partial charge in [0.05, 0.1) is 7.11 Å². The highest BCUT2D eigenvalue weighted by molar-refractivity contribution is 7.89. The lowest BCUT2D eigenvalue weighted by atomic mass is 9.94. The number of sulfonamides is 1. The standard InChI is InChI=1S/C24H32N2O4S/c1-15-10-18(4)23(19(5)11-15)25-24(27)20-7-8-21(30-6)22(12-20)31(28,29)26-13-16(2)9-17(3)14-26/h7-8,10-12,16-17H,9,13-14H2,1-6H3,(H,25,27)/t16-,17-/m0/s1. The minimum atomic E-state index is -3.79. The summed E-state index contributed by atoms with van der Waals surface area (Å²) in [6, 6.07) is 8.57. The molecule has 0 aromatic heterocycles. The highest BCUT2D eigenvalue weighted by Gasteiger charge is 2.34. The first-order chi connectivity index (χ1) is 14.5. The van der Waals surface area contributed by atoms with E-state index in [0.29, 0.717) is 13.1 Å². The SMILES string of the molecule is COc1ccc(C(=O)Nc2c(C)cc(C)cc2C)cc1S(=O)(=O)N1C[C@@H](C)C[C@H](C)C1. The van der Waals surface area contributed by atoms with E-state index in [1.54, 1.807) is 12.1 Å². The largest absolute Gasteiger partial charge is 0.495 e. The third-order valence-electron chi connectivity index (χ3n) is 5.79. The number of benzene rings is 2. The number of carbonyl (C=O) groups excluding carboxylic acids is 1. The van der Waals surface area contributed by atoms with Gasteiger partial charge in [0.25, 0.3) is 5.91 Å². The molecule has 1 saturated heterocycles. The van der Waals surface area contributed by atoms with Crippen LogP contribution in [-0.2, 0) is 10.0 Å². The summed E-state index contributed by atoms with van der Waals surface area (Å²) < 4.78 is 33.8. The van der Waals surface area contributed by atoms with Crippen molar-refractivity contribution in [1.82, 2.24) is 4.31 Å². The van der Waals surface area contributed by atoms with Crippen molar-refractivity contribution in [1.29, 1.82) is 0 Å². The Morgan fingerprint density at radius 1 is 1.03 bits per heavy atom. The van der Waals surface area contributed by atoms with Gasteiger partial charge in [0, 0.05) is 24.3 Å². The Bertz CT molecular complexity index is 1060. The molecule has 2 aromatic rings. The lowest BCUT2D eigenvalue weighted by Gasteiger charge is -2.34. The number of hydrogen-bond acceptors (Lipinski definition) is 4. The van der Waals surface area contributed by atoms with Gasteiger partial charge in [-0.3, -0.25) is 4.79 Å². The van der Waals surface area contributed by atoms with Crippen molar-refractivity contribution in [2.24, 2.45) is 11.8 Å². The molecule has 0 unspecified atom stereocenters. The number of hydrogen-bond donors (Lipinski definition) is 1.